The molecule has 2 aromatic rings. The molecule has 0 aliphatic heterocycles. The molecule has 14 heavy (non-hydrogen) atoms. The Kier molecular flexibility index (Phi) is 1.96. The van der Waals surface area contributed by atoms with E-state index in [1.54, 1.807) is 6.07 Å². The third kappa shape index (κ3) is 1.25. The highest BCUT2D eigenvalue weighted by Crippen LogP contribution is 2.19. The molecule has 0 aliphatic rings. The zero-order valence-corrected chi connectivity index (χ0v) is 7.78. The summed E-state index contributed by atoms with van der Waals surface area (Å²) in [6.45, 7) is 2.02. The van der Waals surface area contributed by atoms with Gasteiger partial charge in [0.15, 0.2) is 5.58 Å². The molecule has 1 amide bonds. The molecule has 0 aliphatic carbocycles. The Morgan fingerprint density at radius 2 is 2.36 bits per heavy atom. The van der Waals surface area contributed by atoms with E-state index in [9.17, 15) is 4.79 Å². The van der Waals surface area contributed by atoms with Gasteiger partial charge in [0.2, 0.25) is 0 Å². The predicted molar refractivity (Wildman–Crippen MR) is 51.9 cm³/mol. The first-order valence-corrected chi connectivity index (χ1v) is 4.40. The quantitative estimate of drug-likeness (QED) is 0.779. The van der Waals surface area contributed by atoms with Crippen LogP contribution in [-0.4, -0.2) is 10.9 Å². The molecule has 1 aromatic heterocycles. The Balaban J connectivity index is 2.70. The van der Waals surface area contributed by atoms with Crippen LogP contribution in [0.4, 0.5) is 0 Å². The van der Waals surface area contributed by atoms with E-state index < -0.39 is 5.91 Å². The van der Waals surface area contributed by atoms with Gasteiger partial charge < -0.3 is 10.2 Å². The van der Waals surface area contributed by atoms with Gasteiger partial charge >= 0.3 is 5.91 Å². The number of nitrogens with two attached hydrogens (primary N) is 1. The van der Waals surface area contributed by atoms with Crippen molar-refractivity contribution in [2.24, 2.45) is 5.73 Å². The van der Waals surface area contributed by atoms with Gasteiger partial charge in [0, 0.05) is 0 Å². The summed E-state index contributed by atoms with van der Waals surface area (Å²) in [5.74, 6) is -0.663. The number of aromatic nitrogens is 1. The van der Waals surface area contributed by atoms with Crippen LogP contribution in [0, 0.1) is 0 Å². The smallest absolute Gasteiger partial charge is 0.304 e. The fourth-order valence-electron chi connectivity index (χ4n) is 1.40. The van der Waals surface area contributed by atoms with Crippen LogP contribution in [0.2, 0.25) is 0 Å². The first-order valence-electron chi connectivity index (χ1n) is 4.40. The van der Waals surface area contributed by atoms with Crippen molar-refractivity contribution in [1.82, 2.24) is 4.98 Å². The van der Waals surface area contributed by atoms with Crippen LogP contribution in [0.15, 0.2) is 22.6 Å². The van der Waals surface area contributed by atoms with E-state index in [0.717, 1.165) is 17.5 Å². The summed E-state index contributed by atoms with van der Waals surface area (Å²) in [6, 6.07) is 5.60. The van der Waals surface area contributed by atoms with Gasteiger partial charge in [-0.1, -0.05) is 19.1 Å². The summed E-state index contributed by atoms with van der Waals surface area (Å²) >= 11 is 0. The number of hydrogen-bond acceptors (Lipinski definition) is 3. The summed E-state index contributed by atoms with van der Waals surface area (Å²) in [5, 5.41) is 0. The molecule has 2 rings (SSSR count). The van der Waals surface area contributed by atoms with Crippen molar-refractivity contribution < 1.29 is 9.21 Å². The third-order valence-corrected chi connectivity index (χ3v) is 2.09. The van der Waals surface area contributed by atoms with Gasteiger partial charge in [-0.2, -0.15) is 0 Å². The van der Waals surface area contributed by atoms with Crippen LogP contribution >= 0.6 is 0 Å². The fourth-order valence-corrected chi connectivity index (χ4v) is 1.40. The first-order chi connectivity index (χ1) is 6.72. The Hall–Kier alpha value is -1.84. The minimum absolute atomic E-state index is 0.0269. The lowest BCUT2D eigenvalue weighted by atomic mass is 10.1. The molecule has 0 unspecified atom stereocenters. The van der Waals surface area contributed by atoms with E-state index in [4.69, 9.17) is 10.2 Å². The van der Waals surface area contributed by atoms with Crippen LogP contribution in [0.5, 0.6) is 0 Å². The van der Waals surface area contributed by atoms with E-state index in [2.05, 4.69) is 4.98 Å². The molecule has 2 N–H and O–H groups in total. The minimum Gasteiger partial charge on any atom is -0.432 e. The summed E-state index contributed by atoms with van der Waals surface area (Å²) in [5.41, 5.74) is 7.46. The SMILES string of the molecule is CCc1cccc2oc(C(N)=O)nc12. The molecule has 0 saturated heterocycles. The van der Waals surface area contributed by atoms with E-state index in [0.29, 0.717) is 5.58 Å². The molecular formula is C10H10N2O2. The second kappa shape index (κ2) is 3.14. The van der Waals surface area contributed by atoms with Crippen molar-refractivity contribution in [2.45, 2.75) is 13.3 Å². The first kappa shape index (κ1) is 8.74. The summed E-state index contributed by atoms with van der Waals surface area (Å²) in [7, 11) is 0. The van der Waals surface area contributed by atoms with Crippen LogP contribution in [-0.2, 0) is 6.42 Å². The number of primary amides is 1. The zero-order valence-electron chi connectivity index (χ0n) is 7.78. The van der Waals surface area contributed by atoms with Gasteiger partial charge in [-0.25, -0.2) is 4.98 Å². The lowest BCUT2D eigenvalue weighted by Crippen LogP contribution is -2.10. The maximum absolute atomic E-state index is 10.8. The van der Waals surface area contributed by atoms with Crippen molar-refractivity contribution in [1.29, 1.82) is 0 Å². The van der Waals surface area contributed by atoms with Crippen molar-refractivity contribution in [3.05, 3.63) is 29.7 Å². The van der Waals surface area contributed by atoms with Crippen molar-refractivity contribution in [3.63, 3.8) is 0 Å². The molecule has 0 bridgehead atoms. The third-order valence-electron chi connectivity index (χ3n) is 2.09. The molecule has 1 heterocycles. The number of amides is 1. The highest BCUT2D eigenvalue weighted by atomic mass is 16.4. The second-order valence-electron chi connectivity index (χ2n) is 3.00. The largest absolute Gasteiger partial charge is 0.432 e. The topological polar surface area (TPSA) is 69.1 Å². The molecular weight excluding hydrogens is 180 g/mol. The molecule has 0 spiro atoms. The molecule has 4 heteroatoms. The number of benzene rings is 1. The van der Waals surface area contributed by atoms with E-state index in [-0.39, 0.29) is 5.89 Å². The van der Waals surface area contributed by atoms with Crippen LogP contribution < -0.4 is 5.73 Å². The Labute approximate surface area is 80.7 Å². The van der Waals surface area contributed by atoms with Crippen molar-refractivity contribution in [3.8, 4) is 0 Å². The zero-order chi connectivity index (χ0) is 10.1. The highest BCUT2D eigenvalue weighted by molar-refractivity contribution is 5.91. The average Bonchev–Trinajstić information content (AvgIpc) is 2.60. The number of oxazole rings is 1. The van der Waals surface area contributed by atoms with Gasteiger partial charge in [-0.15, -0.1) is 0 Å². The minimum atomic E-state index is -0.636. The number of hydrogen-bond donors (Lipinski definition) is 1. The van der Waals surface area contributed by atoms with Gasteiger partial charge in [0.05, 0.1) is 0 Å². The van der Waals surface area contributed by atoms with Gasteiger partial charge in [0.25, 0.3) is 5.89 Å². The van der Waals surface area contributed by atoms with Gasteiger partial charge in [0.1, 0.15) is 5.52 Å². The summed E-state index contributed by atoms with van der Waals surface area (Å²) < 4.78 is 5.19. The van der Waals surface area contributed by atoms with Crippen molar-refractivity contribution in [2.75, 3.05) is 0 Å². The van der Waals surface area contributed by atoms with E-state index >= 15 is 0 Å². The lowest BCUT2D eigenvalue weighted by Gasteiger charge is -1.93. The van der Waals surface area contributed by atoms with E-state index in [1.807, 2.05) is 19.1 Å². The monoisotopic (exact) mass is 190 g/mol. The molecule has 0 saturated carbocycles. The lowest BCUT2D eigenvalue weighted by molar-refractivity contribution is 0.0969. The maximum Gasteiger partial charge on any atom is 0.304 e. The number of para-hydroxylation sites is 1. The fraction of sp³-hybridized carbons (Fsp3) is 0.200. The van der Waals surface area contributed by atoms with Gasteiger partial charge in [-0.05, 0) is 18.1 Å². The second-order valence-corrected chi connectivity index (χ2v) is 3.00. The summed E-state index contributed by atoms with van der Waals surface area (Å²) in [6.07, 6.45) is 0.849. The number of fused-ring (bicyclic) bond motifs is 1. The van der Waals surface area contributed by atoms with Crippen LogP contribution in [0.1, 0.15) is 23.2 Å². The maximum atomic E-state index is 10.8. The molecule has 0 atom stereocenters. The Bertz CT molecular complexity index is 488. The average molecular weight is 190 g/mol. The van der Waals surface area contributed by atoms with Crippen molar-refractivity contribution >= 4 is 17.0 Å². The number of nitrogens with zero attached hydrogens (tertiary/aromatic N) is 1. The highest BCUT2D eigenvalue weighted by Gasteiger charge is 2.12. The van der Waals surface area contributed by atoms with Crippen LogP contribution in [0.25, 0.3) is 11.1 Å². The predicted octanol–water partition coefficient (Wildman–Crippen LogP) is 1.49. The normalized spacial score (nSPS) is 10.6. The Morgan fingerprint density at radius 3 is 3.00 bits per heavy atom. The molecule has 4 nitrogen and oxygen atoms in total. The standard InChI is InChI=1S/C10H10N2O2/c1-2-6-4-3-5-7-8(6)12-10(14-7)9(11)13/h3-5H,2H2,1H3,(H2,11,13). The number of carbonyl (C=O) groups excluding carboxylic acids is 1. The molecule has 1 aromatic carbocycles. The number of carbonyl (C=O) groups is 1. The molecule has 72 valence electrons. The molecule has 0 fully saturated rings. The number of aryl methyl sites for hydroxylation is 1. The van der Waals surface area contributed by atoms with E-state index in [1.165, 1.54) is 0 Å². The summed E-state index contributed by atoms with van der Waals surface area (Å²) in [4.78, 5) is 14.9. The van der Waals surface area contributed by atoms with Gasteiger partial charge in [-0.3, -0.25) is 4.79 Å². The number of rotatable bonds is 2. The van der Waals surface area contributed by atoms with Crippen LogP contribution in [0.3, 0.4) is 0 Å². The Morgan fingerprint density at radius 1 is 1.57 bits per heavy atom. The molecule has 0 radical (unpaired) electrons.